The van der Waals surface area contributed by atoms with Crippen LogP contribution in [0.15, 0.2) is 41.4 Å². The van der Waals surface area contributed by atoms with Crippen molar-refractivity contribution < 1.29 is 9.47 Å². The first-order chi connectivity index (χ1) is 12.2. The van der Waals surface area contributed by atoms with Gasteiger partial charge in [0.25, 0.3) is 0 Å². The second-order valence-electron chi connectivity index (χ2n) is 5.54. The molecule has 1 aromatic heterocycles. The summed E-state index contributed by atoms with van der Waals surface area (Å²) >= 11 is 0. The number of ether oxygens (including phenoxy) is 2. The number of nitrogens with one attached hydrogen (secondary N) is 2. The molecule has 0 bridgehead atoms. The standard InChI is InChI=1S/C19H26N4O2.HI/c1-5-20-19(22-13-16-7-6-8-18(23-16)25-4)21-12-15-10-9-14(2)11-17(15)24-3;/h6-11H,5,12-13H2,1-4H3,(H2,20,21,22);1H. The summed E-state index contributed by atoms with van der Waals surface area (Å²) in [6, 6.07) is 11.8. The van der Waals surface area contributed by atoms with E-state index in [1.807, 2.05) is 44.2 Å². The first-order valence-electron chi connectivity index (χ1n) is 8.32. The molecule has 0 aliphatic heterocycles. The Morgan fingerprint density at radius 3 is 2.62 bits per heavy atom. The molecule has 0 atom stereocenters. The van der Waals surface area contributed by atoms with E-state index in [1.54, 1.807) is 14.2 Å². The van der Waals surface area contributed by atoms with Crippen LogP contribution in [0.2, 0.25) is 0 Å². The number of hydrogen-bond donors (Lipinski definition) is 2. The van der Waals surface area contributed by atoms with Crippen LogP contribution in [0, 0.1) is 6.92 Å². The maximum atomic E-state index is 5.44. The summed E-state index contributed by atoms with van der Waals surface area (Å²) in [7, 11) is 3.29. The molecule has 0 spiro atoms. The van der Waals surface area contributed by atoms with E-state index in [9.17, 15) is 0 Å². The van der Waals surface area contributed by atoms with Crippen molar-refractivity contribution in [2.45, 2.75) is 26.9 Å². The Morgan fingerprint density at radius 2 is 1.92 bits per heavy atom. The molecule has 142 valence electrons. The van der Waals surface area contributed by atoms with E-state index < -0.39 is 0 Å². The third kappa shape index (κ3) is 6.70. The number of guanidine groups is 1. The number of benzene rings is 1. The highest BCUT2D eigenvalue weighted by molar-refractivity contribution is 14.0. The van der Waals surface area contributed by atoms with Crippen LogP contribution in [0.3, 0.4) is 0 Å². The van der Waals surface area contributed by atoms with E-state index in [2.05, 4.69) is 26.7 Å². The number of halogens is 1. The van der Waals surface area contributed by atoms with Crippen LogP contribution < -0.4 is 20.1 Å². The predicted octanol–water partition coefficient (Wildman–Crippen LogP) is 3.28. The molecule has 2 aromatic rings. The Labute approximate surface area is 172 Å². The first-order valence-corrected chi connectivity index (χ1v) is 8.32. The number of pyridine rings is 1. The molecule has 2 N–H and O–H groups in total. The lowest BCUT2D eigenvalue weighted by atomic mass is 10.1. The zero-order valence-corrected chi connectivity index (χ0v) is 18.0. The maximum absolute atomic E-state index is 5.44. The fourth-order valence-corrected chi connectivity index (χ4v) is 2.33. The minimum atomic E-state index is 0. The minimum absolute atomic E-state index is 0. The summed E-state index contributed by atoms with van der Waals surface area (Å²) in [4.78, 5) is 9.03. The number of rotatable bonds is 7. The van der Waals surface area contributed by atoms with Gasteiger partial charge in [0.2, 0.25) is 5.88 Å². The van der Waals surface area contributed by atoms with Gasteiger partial charge in [0.1, 0.15) is 5.75 Å². The van der Waals surface area contributed by atoms with Gasteiger partial charge in [0.15, 0.2) is 5.96 Å². The Bertz CT molecular complexity index is 722. The molecule has 0 radical (unpaired) electrons. The summed E-state index contributed by atoms with van der Waals surface area (Å²) in [5.74, 6) is 2.19. The predicted molar refractivity (Wildman–Crippen MR) is 116 cm³/mol. The number of aryl methyl sites for hydroxylation is 1. The molecule has 0 amide bonds. The van der Waals surface area contributed by atoms with Crippen LogP contribution in [-0.2, 0) is 13.1 Å². The molecule has 7 heteroatoms. The highest BCUT2D eigenvalue weighted by atomic mass is 127. The number of aromatic nitrogens is 1. The Hall–Kier alpha value is -2.03. The van der Waals surface area contributed by atoms with E-state index in [-0.39, 0.29) is 24.0 Å². The fraction of sp³-hybridized carbons (Fsp3) is 0.368. The van der Waals surface area contributed by atoms with Gasteiger partial charge in [0, 0.05) is 18.2 Å². The van der Waals surface area contributed by atoms with Gasteiger partial charge in [-0.15, -0.1) is 24.0 Å². The summed E-state index contributed by atoms with van der Waals surface area (Å²) in [5, 5.41) is 6.53. The maximum Gasteiger partial charge on any atom is 0.213 e. The molecule has 0 saturated heterocycles. The van der Waals surface area contributed by atoms with Crippen LogP contribution in [0.25, 0.3) is 0 Å². The van der Waals surface area contributed by atoms with Crippen molar-refractivity contribution in [2.75, 3.05) is 20.8 Å². The SMILES string of the molecule is CCNC(=NCc1ccc(C)cc1OC)NCc1cccc(OC)n1.I. The Kier molecular flexibility index (Phi) is 9.79. The van der Waals surface area contributed by atoms with Gasteiger partial charge in [-0.05, 0) is 31.5 Å². The van der Waals surface area contributed by atoms with Crippen molar-refractivity contribution in [3.05, 3.63) is 53.2 Å². The molecule has 0 unspecified atom stereocenters. The Balaban J connectivity index is 0.00000338. The summed E-state index contributed by atoms with van der Waals surface area (Å²) in [6.07, 6.45) is 0. The van der Waals surface area contributed by atoms with E-state index in [0.29, 0.717) is 19.0 Å². The Morgan fingerprint density at radius 1 is 1.12 bits per heavy atom. The van der Waals surface area contributed by atoms with E-state index in [1.165, 1.54) is 5.56 Å². The molecule has 0 aliphatic carbocycles. The highest BCUT2D eigenvalue weighted by Crippen LogP contribution is 2.20. The summed E-state index contributed by atoms with van der Waals surface area (Å²) < 4.78 is 10.6. The molecule has 1 aromatic carbocycles. The topological polar surface area (TPSA) is 67.8 Å². The third-order valence-electron chi connectivity index (χ3n) is 3.62. The zero-order chi connectivity index (χ0) is 18.1. The summed E-state index contributed by atoms with van der Waals surface area (Å²) in [6.45, 7) is 5.95. The number of nitrogens with zero attached hydrogens (tertiary/aromatic N) is 2. The van der Waals surface area contributed by atoms with Gasteiger partial charge in [-0.3, -0.25) is 0 Å². The average molecular weight is 470 g/mol. The quantitative estimate of drug-likeness (QED) is 0.370. The largest absolute Gasteiger partial charge is 0.496 e. The lowest BCUT2D eigenvalue weighted by Crippen LogP contribution is -2.37. The van der Waals surface area contributed by atoms with Crippen LogP contribution >= 0.6 is 24.0 Å². The van der Waals surface area contributed by atoms with Gasteiger partial charge in [-0.2, -0.15) is 0 Å². The highest BCUT2D eigenvalue weighted by Gasteiger charge is 2.04. The van der Waals surface area contributed by atoms with E-state index in [4.69, 9.17) is 9.47 Å². The second-order valence-corrected chi connectivity index (χ2v) is 5.54. The molecular weight excluding hydrogens is 443 g/mol. The smallest absolute Gasteiger partial charge is 0.213 e. The lowest BCUT2D eigenvalue weighted by molar-refractivity contribution is 0.396. The molecule has 26 heavy (non-hydrogen) atoms. The monoisotopic (exact) mass is 470 g/mol. The van der Waals surface area contributed by atoms with Gasteiger partial charge >= 0.3 is 0 Å². The lowest BCUT2D eigenvalue weighted by Gasteiger charge is -2.12. The first kappa shape index (κ1) is 22.0. The molecule has 1 heterocycles. The van der Waals surface area contributed by atoms with Crippen molar-refractivity contribution in [1.82, 2.24) is 15.6 Å². The second kappa shape index (κ2) is 11.6. The molecule has 0 fully saturated rings. The van der Waals surface area contributed by atoms with Crippen molar-refractivity contribution in [3.8, 4) is 11.6 Å². The number of hydrogen-bond acceptors (Lipinski definition) is 4. The van der Waals surface area contributed by atoms with Crippen molar-refractivity contribution in [1.29, 1.82) is 0 Å². The van der Waals surface area contributed by atoms with E-state index in [0.717, 1.165) is 29.5 Å². The molecular formula is C19H27IN4O2. The van der Waals surface area contributed by atoms with Gasteiger partial charge in [-0.25, -0.2) is 9.98 Å². The molecule has 0 saturated carbocycles. The van der Waals surface area contributed by atoms with Crippen molar-refractivity contribution in [2.24, 2.45) is 4.99 Å². The fourth-order valence-electron chi connectivity index (χ4n) is 2.33. The number of methoxy groups -OCH3 is 2. The van der Waals surface area contributed by atoms with Crippen LogP contribution in [-0.4, -0.2) is 31.7 Å². The number of aliphatic imine (C=N–C) groups is 1. The van der Waals surface area contributed by atoms with Crippen molar-refractivity contribution in [3.63, 3.8) is 0 Å². The minimum Gasteiger partial charge on any atom is -0.496 e. The van der Waals surface area contributed by atoms with Gasteiger partial charge in [0.05, 0.1) is 33.0 Å². The van der Waals surface area contributed by atoms with Gasteiger partial charge < -0.3 is 20.1 Å². The van der Waals surface area contributed by atoms with Crippen LogP contribution in [0.5, 0.6) is 11.6 Å². The third-order valence-corrected chi connectivity index (χ3v) is 3.62. The molecule has 6 nitrogen and oxygen atoms in total. The molecule has 2 rings (SSSR count). The van der Waals surface area contributed by atoms with Gasteiger partial charge in [-0.1, -0.05) is 18.2 Å². The van der Waals surface area contributed by atoms with Crippen LogP contribution in [0.4, 0.5) is 0 Å². The van der Waals surface area contributed by atoms with Crippen molar-refractivity contribution >= 4 is 29.9 Å². The van der Waals surface area contributed by atoms with E-state index >= 15 is 0 Å². The normalized spacial score (nSPS) is 10.7. The molecule has 0 aliphatic rings. The average Bonchev–Trinajstić information content (AvgIpc) is 2.64. The van der Waals surface area contributed by atoms with Crippen LogP contribution in [0.1, 0.15) is 23.7 Å². The zero-order valence-electron chi connectivity index (χ0n) is 15.7. The summed E-state index contributed by atoms with van der Waals surface area (Å²) in [5.41, 5.74) is 3.10.